The van der Waals surface area contributed by atoms with Crippen LogP contribution in [0.3, 0.4) is 0 Å². The van der Waals surface area contributed by atoms with Gasteiger partial charge in [0.2, 0.25) is 0 Å². The van der Waals surface area contributed by atoms with Crippen molar-refractivity contribution in [1.29, 1.82) is 0 Å². The second kappa shape index (κ2) is 4.73. The first kappa shape index (κ1) is 12.5. The lowest BCUT2D eigenvalue weighted by Crippen LogP contribution is -2.51. The van der Waals surface area contributed by atoms with Gasteiger partial charge >= 0.3 is 0 Å². The van der Waals surface area contributed by atoms with Crippen molar-refractivity contribution in [1.82, 2.24) is 5.32 Å². The summed E-state index contributed by atoms with van der Waals surface area (Å²) in [4.78, 5) is 12.5. The van der Waals surface area contributed by atoms with Gasteiger partial charge in [0.05, 0.1) is 23.6 Å². The predicted molar refractivity (Wildman–Crippen MR) is 69.7 cm³/mol. The van der Waals surface area contributed by atoms with Crippen LogP contribution in [-0.2, 0) is 0 Å². The van der Waals surface area contributed by atoms with Crippen LogP contribution in [0.25, 0.3) is 9.40 Å². The van der Waals surface area contributed by atoms with Crippen LogP contribution in [0.5, 0.6) is 0 Å². The normalized spacial score (nSPS) is 11.9. The van der Waals surface area contributed by atoms with Gasteiger partial charge in [-0.05, 0) is 24.4 Å². The molecule has 4 nitrogen and oxygen atoms in total. The van der Waals surface area contributed by atoms with Crippen LogP contribution >= 0.6 is 22.7 Å². The van der Waals surface area contributed by atoms with Crippen LogP contribution in [0.1, 0.15) is 16.6 Å². The summed E-state index contributed by atoms with van der Waals surface area (Å²) in [5.74, 6) is -0.260. The fourth-order valence-corrected chi connectivity index (χ4v) is 3.35. The molecule has 0 unspecified atom stereocenters. The highest BCUT2D eigenvalue weighted by Crippen LogP contribution is 2.30. The number of hydrogen-bond acceptors (Lipinski definition) is 5. The number of fused-ring (bicyclic) bond motifs is 1. The Morgan fingerprint density at radius 2 is 2.12 bits per heavy atom. The lowest BCUT2D eigenvalue weighted by molar-refractivity contribution is 0.0727. The summed E-state index contributed by atoms with van der Waals surface area (Å²) in [6.07, 6.45) is 0. The van der Waals surface area contributed by atoms with Crippen molar-refractivity contribution in [2.45, 2.75) is 12.5 Å². The number of thiophene rings is 2. The second-order valence-corrected chi connectivity index (χ2v) is 6.12. The molecule has 0 spiro atoms. The fraction of sp³-hybridized carbons (Fsp3) is 0.364. The van der Waals surface area contributed by atoms with Crippen molar-refractivity contribution in [3.63, 3.8) is 0 Å². The molecule has 0 aromatic carbocycles. The predicted octanol–water partition coefficient (Wildman–Crippen LogP) is 1.44. The first-order valence-electron chi connectivity index (χ1n) is 5.09. The number of rotatable bonds is 4. The summed E-state index contributed by atoms with van der Waals surface area (Å²) in [5, 5.41) is 22.8. The third-order valence-corrected chi connectivity index (χ3v) is 4.57. The van der Waals surface area contributed by atoms with Crippen LogP contribution in [0, 0.1) is 0 Å². The van der Waals surface area contributed by atoms with Crippen molar-refractivity contribution >= 4 is 38.0 Å². The highest BCUT2D eigenvalue weighted by molar-refractivity contribution is 7.27. The van der Waals surface area contributed by atoms with Crippen LogP contribution in [-0.4, -0.2) is 34.9 Å². The first-order valence-corrected chi connectivity index (χ1v) is 6.79. The molecule has 0 atom stereocenters. The van der Waals surface area contributed by atoms with E-state index in [0.717, 1.165) is 9.40 Å². The molecule has 17 heavy (non-hydrogen) atoms. The average Bonchev–Trinajstić information content (AvgIpc) is 2.88. The maximum Gasteiger partial charge on any atom is 0.262 e. The van der Waals surface area contributed by atoms with Crippen LogP contribution < -0.4 is 5.32 Å². The SMILES string of the molecule is CC(CO)(CO)NC(=O)c1cc2sccc2s1. The lowest BCUT2D eigenvalue weighted by Gasteiger charge is -2.25. The average molecular weight is 271 g/mol. The van der Waals surface area contributed by atoms with E-state index < -0.39 is 5.54 Å². The van der Waals surface area contributed by atoms with Gasteiger partial charge < -0.3 is 15.5 Å². The standard InChI is InChI=1S/C11H13NO3S2/c1-11(5-13,6-14)12-10(15)9-4-8-7(17-9)2-3-16-8/h2-4,13-14H,5-6H2,1H3,(H,12,15). The molecule has 0 aliphatic carbocycles. The zero-order valence-corrected chi connectivity index (χ0v) is 10.9. The summed E-state index contributed by atoms with van der Waals surface area (Å²) in [5.41, 5.74) is -0.978. The fourth-order valence-electron chi connectivity index (χ4n) is 1.34. The number of hydrogen-bond donors (Lipinski definition) is 3. The minimum absolute atomic E-state index is 0.260. The smallest absolute Gasteiger partial charge is 0.262 e. The highest BCUT2D eigenvalue weighted by atomic mass is 32.1. The summed E-state index contributed by atoms with van der Waals surface area (Å²) in [7, 11) is 0. The molecule has 0 aliphatic rings. The monoisotopic (exact) mass is 271 g/mol. The Kier molecular flexibility index (Phi) is 3.48. The van der Waals surface area contributed by atoms with E-state index in [-0.39, 0.29) is 19.1 Å². The molecule has 3 N–H and O–H groups in total. The van der Waals surface area contributed by atoms with E-state index in [1.54, 1.807) is 18.3 Å². The Labute approximate surface area is 107 Å². The Hall–Kier alpha value is -0.950. The van der Waals surface area contributed by atoms with E-state index >= 15 is 0 Å². The third-order valence-electron chi connectivity index (χ3n) is 2.48. The van der Waals surface area contributed by atoms with E-state index in [4.69, 9.17) is 10.2 Å². The van der Waals surface area contributed by atoms with Gasteiger partial charge in [-0.25, -0.2) is 0 Å². The van der Waals surface area contributed by atoms with E-state index in [2.05, 4.69) is 5.32 Å². The minimum atomic E-state index is -0.978. The molecule has 92 valence electrons. The number of nitrogens with one attached hydrogen (secondary N) is 1. The summed E-state index contributed by atoms with van der Waals surface area (Å²) < 4.78 is 2.16. The van der Waals surface area contributed by atoms with Gasteiger partial charge in [0.1, 0.15) is 0 Å². The largest absolute Gasteiger partial charge is 0.394 e. The van der Waals surface area contributed by atoms with Gasteiger partial charge in [0.25, 0.3) is 5.91 Å². The minimum Gasteiger partial charge on any atom is -0.394 e. The molecule has 2 aromatic heterocycles. The number of carbonyl (C=O) groups is 1. The topological polar surface area (TPSA) is 69.6 Å². The van der Waals surface area contributed by atoms with Crippen molar-refractivity contribution < 1.29 is 15.0 Å². The quantitative estimate of drug-likeness (QED) is 0.788. The number of carbonyl (C=O) groups excluding carboxylic acids is 1. The van der Waals surface area contributed by atoms with Gasteiger partial charge in [-0.3, -0.25) is 4.79 Å². The van der Waals surface area contributed by atoms with Gasteiger partial charge in [0, 0.05) is 9.40 Å². The molecule has 2 aromatic rings. The molecule has 0 bridgehead atoms. The van der Waals surface area contributed by atoms with Crippen LogP contribution in [0.15, 0.2) is 17.5 Å². The molecule has 6 heteroatoms. The number of aliphatic hydroxyl groups is 2. The number of aliphatic hydroxyl groups excluding tert-OH is 2. The summed E-state index contributed by atoms with van der Waals surface area (Å²) >= 11 is 3.00. The Morgan fingerprint density at radius 1 is 1.41 bits per heavy atom. The zero-order chi connectivity index (χ0) is 12.5. The van der Waals surface area contributed by atoms with Crippen molar-refractivity contribution in [2.75, 3.05) is 13.2 Å². The third kappa shape index (κ3) is 2.50. The van der Waals surface area contributed by atoms with Crippen molar-refractivity contribution in [3.05, 3.63) is 22.4 Å². The van der Waals surface area contributed by atoms with E-state index in [0.29, 0.717) is 4.88 Å². The lowest BCUT2D eigenvalue weighted by atomic mass is 10.1. The molecular formula is C11H13NO3S2. The maximum atomic E-state index is 11.9. The van der Waals surface area contributed by atoms with Crippen LogP contribution in [0.2, 0.25) is 0 Å². The Morgan fingerprint density at radius 3 is 2.71 bits per heavy atom. The van der Waals surface area contributed by atoms with Gasteiger partial charge in [-0.15, -0.1) is 22.7 Å². The molecule has 0 saturated carbocycles. The van der Waals surface area contributed by atoms with Crippen LogP contribution in [0.4, 0.5) is 0 Å². The van der Waals surface area contributed by atoms with Crippen molar-refractivity contribution in [3.8, 4) is 0 Å². The van der Waals surface area contributed by atoms with E-state index in [9.17, 15) is 4.79 Å². The summed E-state index contributed by atoms with van der Waals surface area (Å²) in [6.45, 7) is 1.00. The van der Waals surface area contributed by atoms with Gasteiger partial charge in [0.15, 0.2) is 0 Å². The van der Waals surface area contributed by atoms with Crippen molar-refractivity contribution in [2.24, 2.45) is 0 Å². The molecule has 0 fully saturated rings. The molecule has 2 heterocycles. The molecule has 0 radical (unpaired) electrons. The highest BCUT2D eigenvalue weighted by Gasteiger charge is 2.25. The van der Waals surface area contributed by atoms with Gasteiger partial charge in [-0.1, -0.05) is 0 Å². The summed E-state index contributed by atoms with van der Waals surface area (Å²) in [6, 6.07) is 3.80. The Bertz CT molecular complexity index is 499. The first-order chi connectivity index (χ1) is 8.08. The van der Waals surface area contributed by atoms with E-state index in [1.807, 2.05) is 17.5 Å². The zero-order valence-electron chi connectivity index (χ0n) is 9.27. The second-order valence-electron chi connectivity index (χ2n) is 4.09. The molecule has 2 rings (SSSR count). The van der Waals surface area contributed by atoms with Gasteiger partial charge in [-0.2, -0.15) is 0 Å². The molecule has 1 amide bonds. The molecule has 0 saturated heterocycles. The van der Waals surface area contributed by atoms with E-state index in [1.165, 1.54) is 11.3 Å². The molecular weight excluding hydrogens is 258 g/mol. The molecule has 0 aliphatic heterocycles. The Balaban J connectivity index is 2.18. The maximum absolute atomic E-state index is 11.9. The number of amides is 1.